The van der Waals surface area contributed by atoms with Crippen molar-refractivity contribution >= 4 is 40.7 Å². The standard InChI is InChI=1S/C29H24ClNO4S/c1-18(19-7-3-2-4-8-19)34-29(33)31-25-17-26(30)36-27(25)24-10-6-5-9-23(24)20-13-15-22(16-14-20)35-28(32)21-11-12-21/h2-10,13-18,21H,11-12H2,1H3,(H,31,33). The number of hydrogen-bond acceptors (Lipinski definition) is 5. The van der Waals surface area contributed by atoms with Crippen molar-refractivity contribution < 1.29 is 19.1 Å². The number of hydrogen-bond donors (Lipinski definition) is 1. The van der Waals surface area contributed by atoms with E-state index in [1.54, 1.807) is 18.2 Å². The zero-order valence-corrected chi connectivity index (χ0v) is 21.1. The van der Waals surface area contributed by atoms with Gasteiger partial charge in [0.1, 0.15) is 11.9 Å². The molecule has 1 fully saturated rings. The fourth-order valence-electron chi connectivity index (χ4n) is 3.90. The van der Waals surface area contributed by atoms with Gasteiger partial charge in [-0.3, -0.25) is 10.1 Å². The molecule has 1 unspecified atom stereocenters. The van der Waals surface area contributed by atoms with Crippen molar-refractivity contribution in [2.75, 3.05) is 5.32 Å². The van der Waals surface area contributed by atoms with E-state index >= 15 is 0 Å². The first-order valence-corrected chi connectivity index (χ1v) is 12.9. The lowest BCUT2D eigenvalue weighted by molar-refractivity contribution is -0.135. The van der Waals surface area contributed by atoms with Crippen LogP contribution in [0.1, 0.15) is 31.4 Å². The van der Waals surface area contributed by atoms with E-state index in [1.165, 1.54) is 11.3 Å². The predicted octanol–water partition coefficient (Wildman–Crippen LogP) is 8.36. The molecule has 7 heteroatoms. The van der Waals surface area contributed by atoms with Gasteiger partial charge in [0.05, 0.1) is 20.8 Å². The molecule has 0 bridgehead atoms. The van der Waals surface area contributed by atoms with Crippen LogP contribution in [-0.2, 0) is 9.53 Å². The van der Waals surface area contributed by atoms with Crippen molar-refractivity contribution in [1.82, 2.24) is 0 Å². The van der Waals surface area contributed by atoms with Gasteiger partial charge in [-0.25, -0.2) is 4.79 Å². The third-order valence-corrected chi connectivity index (χ3v) is 7.26. The third kappa shape index (κ3) is 5.61. The lowest BCUT2D eigenvalue weighted by Crippen LogP contribution is -2.16. The summed E-state index contributed by atoms with van der Waals surface area (Å²) in [7, 11) is 0. The van der Waals surface area contributed by atoms with Gasteiger partial charge in [0, 0.05) is 5.56 Å². The highest BCUT2D eigenvalue weighted by molar-refractivity contribution is 7.20. The summed E-state index contributed by atoms with van der Waals surface area (Å²) < 4.78 is 11.6. The van der Waals surface area contributed by atoms with Crippen LogP contribution in [0.3, 0.4) is 0 Å². The molecule has 1 aromatic heterocycles. The molecule has 1 heterocycles. The number of anilines is 1. The molecule has 0 spiro atoms. The number of amides is 1. The first kappa shape index (κ1) is 24.1. The molecule has 1 aliphatic carbocycles. The molecule has 0 aliphatic heterocycles. The second-order valence-corrected chi connectivity index (χ2v) is 10.3. The summed E-state index contributed by atoms with van der Waals surface area (Å²) in [5, 5.41) is 2.86. The molecule has 0 saturated heterocycles. The van der Waals surface area contributed by atoms with E-state index in [4.69, 9.17) is 21.1 Å². The number of benzene rings is 3. The van der Waals surface area contributed by atoms with Crippen molar-refractivity contribution in [2.45, 2.75) is 25.9 Å². The van der Waals surface area contributed by atoms with Gasteiger partial charge in [0.15, 0.2) is 0 Å². The van der Waals surface area contributed by atoms with E-state index in [9.17, 15) is 9.59 Å². The number of halogens is 1. The van der Waals surface area contributed by atoms with E-state index in [2.05, 4.69) is 5.32 Å². The molecule has 4 aromatic rings. The van der Waals surface area contributed by atoms with Crippen molar-refractivity contribution in [1.29, 1.82) is 0 Å². The summed E-state index contributed by atoms with van der Waals surface area (Å²) in [5.41, 5.74) is 4.33. The highest BCUT2D eigenvalue weighted by atomic mass is 35.5. The van der Waals surface area contributed by atoms with Crippen LogP contribution in [-0.4, -0.2) is 12.1 Å². The Morgan fingerprint density at radius 2 is 1.61 bits per heavy atom. The Balaban J connectivity index is 1.37. The monoisotopic (exact) mass is 517 g/mol. The Hall–Kier alpha value is -3.61. The van der Waals surface area contributed by atoms with Crippen LogP contribution in [0.15, 0.2) is 84.9 Å². The van der Waals surface area contributed by atoms with Gasteiger partial charge >= 0.3 is 12.1 Å². The number of thiophene rings is 1. The number of nitrogens with one attached hydrogen (secondary N) is 1. The fourth-order valence-corrected chi connectivity index (χ4v) is 5.12. The first-order valence-electron chi connectivity index (χ1n) is 11.7. The minimum absolute atomic E-state index is 0.0438. The van der Waals surface area contributed by atoms with Crippen molar-refractivity contribution in [3.63, 3.8) is 0 Å². The van der Waals surface area contributed by atoms with Crippen LogP contribution < -0.4 is 10.1 Å². The molecule has 1 N–H and O–H groups in total. The SMILES string of the molecule is CC(OC(=O)Nc1cc(Cl)sc1-c1ccccc1-c1ccc(OC(=O)C2CC2)cc1)c1ccccc1. The van der Waals surface area contributed by atoms with Gasteiger partial charge in [-0.2, -0.15) is 0 Å². The van der Waals surface area contributed by atoms with Gasteiger partial charge in [-0.15, -0.1) is 11.3 Å². The van der Waals surface area contributed by atoms with Gasteiger partial charge in [0.25, 0.3) is 0 Å². The summed E-state index contributed by atoms with van der Waals surface area (Å²) >= 11 is 7.76. The molecule has 1 amide bonds. The topological polar surface area (TPSA) is 64.6 Å². The lowest BCUT2D eigenvalue weighted by atomic mass is 9.98. The number of esters is 1. The molecule has 182 valence electrons. The Bertz CT molecular complexity index is 1380. The molecule has 5 nitrogen and oxygen atoms in total. The smallest absolute Gasteiger partial charge is 0.412 e. The summed E-state index contributed by atoms with van der Waals surface area (Å²) in [6.45, 7) is 1.83. The molecule has 3 aromatic carbocycles. The van der Waals surface area contributed by atoms with Gasteiger partial charge < -0.3 is 9.47 Å². The highest BCUT2D eigenvalue weighted by Crippen LogP contribution is 2.43. The van der Waals surface area contributed by atoms with E-state index in [0.717, 1.165) is 40.0 Å². The van der Waals surface area contributed by atoms with Crippen molar-refractivity contribution in [3.05, 3.63) is 94.8 Å². The Kier molecular flexibility index (Phi) is 7.07. The third-order valence-electron chi connectivity index (χ3n) is 5.96. The zero-order valence-electron chi connectivity index (χ0n) is 19.6. The Morgan fingerprint density at radius 1 is 0.944 bits per heavy atom. The van der Waals surface area contributed by atoms with Crippen LogP contribution in [0.2, 0.25) is 4.34 Å². The van der Waals surface area contributed by atoms with Gasteiger partial charge in [0.2, 0.25) is 0 Å². The van der Waals surface area contributed by atoms with Gasteiger partial charge in [-0.05, 0) is 54.7 Å². The maximum Gasteiger partial charge on any atom is 0.412 e. The van der Waals surface area contributed by atoms with Gasteiger partial charge in [-0.1, -0.05) is 78.3 Å². The summed E-state index contributed by atoms with van der Waals surface area (Å²) in [6.07, 6.45) is 0.857. The van der Waals surface area contributed by atoms with Crippen LogP contribution in [0.25, 0.3) is 21.6 Å². The average Bonchev–Trinajstić information content (AvgIpc) is 3.68. The summed E-state index contributed by atoms with van der Waals surface area (Å²) in [5.74, 6) is 0.410. The molecular formula is C29H24ClNO4S. The minimum Gasteiger partial charge on any atom is -0.441 e. The van der Waals surface area contributed by atoms with Crippen LogP contribution in [0.4, 0.5) is 10.5 Å². The zero-order chi connectivity index (χ0) is 25.1. The summed E-state index contributed by atoms with van der Waals surface area (Å²) in [4.78, 5) is 25.5. The number of rotatable bonds is 7. The quantitative estimate of drug-likeness (QED) is 0.197. The number of carbonyl (C=O) groups excluding carboxylic acids is 2. The molecule has 1 aliphatic rings. The fraction of sp³-hybridized carbons (Fsp3) is 0.172. The van der Waals surface area contributed by atoms with Crippen LogP contribution in [0, 0.1) is 5.92 Å². The minimum atomic E-state index is -0.554. The predicted molar refractivity (Wildman–Crippen MR) is 144 cm³/mol. The van der Waals surface area contributed by atoms with E-state index < -0.39 is 12.2 Å². The normalized spacial score (nSPS) is 13.6. The van der Waals surface area contributed by atoms with E-state index in [-0.39, 0.29) is 11.9 Å². The summed E-state index contributed by atoms with van der Waals surface area (Å²) in [6, 6.07) is 26.6. The Labute approximate surface area is 218 Å². The maximum absolute atomic E-state index is 12.7. The lowest BCUT2D eigenvalue weighted by Gasteiger charge is -2.15. The second-order valence-electron chi connectivity index (χ2n) is 8.64. The molecule has 0 radical (unpaired) electrons. The molecule has 1 saturated carbocycles. The largest absolute Gasteiger partial charge is 0.441 e. The van der Waals surface area contributed by atoms with Crippen LogP contribution in [0.5, 0.6) is 5.75 Å². The van der Waals surface area contributed by atoms with E-state index in [0.29, 0.717) is 15.8 Å². The van der Waals surface area contributed by atoms with E-state index in [1.807, 2.05) is 73.7 Å². The molecule has 36 heavy (non-hydrogen) atoms. The van der Waals surface area contributed by atoms with Crippen molar-refractivity contribution in [2.24, 2.45) is 5.92 Å². The van der Waals surface area contributed by atoms with Crippen molar-refractivity contribution in [3.8, 4) is 27.3 Å². The molecule has 5 rings (SSSR count). The van der Waals surface area contributed by atoms with Crippen LogP contribution >= 0.6 is 22.9 Å². The maximum atomic E-state index is 12.7. The molecular weight excluding hydrogens is 494 g/mol. The second kappa shape index (κ2) is 10.6. The first-order chi connectivity index (χ1) is 17.5. The number of ether oxygens (including phenoxy) is 2. The number of carbonyl (C=O) groups is 2. The Morgan fingerprint density at radius 3 is 2.31 bits per heavy atom. The average molecular weight is 518 g/mol. The molecule has 1 atom stereocenters. The highest BCUT2D eigenvalue weighted by Gasteiger charge is 2.31.